The molecule has 4 nitrogen and oxygen atoms in total. The molecule has 2 aliphatic heterocycles. The molecule has 3 heterocycles. The Morgan fingerprint density at radius 3 is 2.71 bits per heavy atom. The van der Waals surface area contributed by atoms with Gasteiger partial charge in [-0.25, -0.2) is 4.98 Å². The van der Waals surface area contributed by atoms with Crippen molar-refractivity contribution >= 4 is 17.1 Å². The molecule has 0 amide bonds. The zero-order chi connectivity index (χ0) is 11.7. The van der Waals surface area contributed by atoms with Gasteiger partial charge in [-0.05, 0) is 25.9 Å². The van der Waals surface area contributed by atoms with Crippen LogP contribution in [-0.4, -0.2) is 47.9 Å². The SMILES string of the molecule is O=C(c1nccs1)C1CCN(C2CNC2)CC1. The summed E-state index contributed by atoms with van der Waals surface area (Å²) in [6, 6.07) is 0.714. The van der Waals surface area contributed by atoms with Crippen molar-refractivity contribution < 1.29 is 4.79 Å². The van der Waals surface area contributed by atoms with E-state index >= 15 is 0 Å². The lowest BCUT2D eigenvalue weighted by atomic mass is 9.91. The first-order valence-corrected chi connectivity index (χ1v) is 7.11. The highest BCUT2D eigenvalue weighted by atomic mass is 32.1. The number of likely N-dealkylation sites (tertiary alicyclic amines) is 1. The molecule has 1 aromatic rings. The molecule has 1 aromatic heterocycles. The van der Waals surface area contributed by atoms with E-state index in [0.29, 0.717) is 11.0 Å². The zero-order valence-corrected chi connectivity index (χ0v) is 10.6. The van der Waals surface area contributed by atoms with Crippen molar-refractivity contribution in [3.05, 3.63) is 16.6 Å². The molecule has 5 heteroatoms. The minimum Gasteiger partial charge on any atom is -0.314 e. The Hall–Kier alpha value is -0.780. The van der Waals surface area contributed by atoms with Crippen LogP contribution in [0.4, 0.5) is 0 Å². The summed E-state index contributed by atoms with van der Waals surface area (Å²) in [5, 5.41) is 5.86. The number of nitrogens with one attached hydrogen (secondary N) is 1. The second-order valence-corrected chi connectivity index (χ2v) is 5.72. The number of carbonyl (C=O) groups excluding carboxylic acids is 1. The number of Topliss-reactive ketones (excluding diaryl/α,β-unsaturated/α-hetero) is 1. The van der Waals surface area contributed by atoms with Crippen molar-refractivity contribution in [3.8, 4) is 0 Å². The van der Waals surface area contributed by atoms with Gasteiger partial charge in [0, 0.05) is 36.6 Å². The van der Waals surface area contributed by atoms with E-state index < -0.39 is 0 Å². The number of thiazole rings is 1. The van der Waals surface area contributed by atoms with Crippen molar-refractivity contribution in [2.24, 2.45) is 5.92 Å². The summed E-state index contributed by atoms with van der Waals surface area (Å²) in [5.74, 6) is 0.455. The monoisotopic (exact) mass is 251 g/mol. The van der Waals surface area contributed by atoms with E-state index in [1.807, 2.05) is 5.38 Å². The predicted molar refractivity (Wildman–Crippen MR) is 67.4 cm³/mol. The Morgan fingerprint density at radius 1 is 1.41 bits per heavy atom. The van der Waals surface area contributed by atoms with Crippen LogP contribution in [0.25, 0.3) is 0 Å². The maximum Gasteiger partial charge on any atom is 0.194 e. The minimum absolute atomic E-state index is 0.199. The van der Waals surface area contributed by atoms with Gasteiger partial charge < -0.3 is 5.32 Å². The lowest BCUT2D eigenvalue weighted by Gasteiger charge is -2.41. The number of carbonyl (C=O) groups is 1. The summed E-state index contributed by atoms with van der Waals surface area (Å²) < 4.78 is 0. The van der Waals surface area contributed by atoms with Crippen LogP contribution in [0.5, 0.6) is 0 Å². The van der Waals surface area contributed by atoms with E-state index in [-0.39, 0.29) is 11.7 Å². The summed E-state index contributed by atoms with van der Waals surface area (Å²) in [6.07, 6.45) is 3.71. The van der Waals surface area contributed by atoms with Gasteiger partial charge in [0.05, 0.1) is 0 Å². The van der Waals surface area contributed by atoms with E-state index in [1.165, 1.54) is 11.3 Å². The topological polar surface area (TPSA) is 45.2 Å². The van der Waals surface area contributed by atoms with E-state index in [0.717, 1.165) is 39.0 Å². The number of nitrogens with zero attached hydrogens (tertiary/aromatic N) is 2. The molecule has 2 saturated heterocycles. The van der Waals surface area contributed by atoms with Gasteiger partial charge in [-0.1, -0.05) is 0 Å². The molecule has 0 aromatic carbocycles. The summed E-state index contributed by atoms with van der Waals surface area (Å²) in [5.41, 5.74) is 0. The van der Waals surface area contributed by atoms with Gasteiger partial charge >= 0.3 is 0 Å². The van der Waals surface area contributed by atoms with Gasteiger partial charge in [0.1, 0.15) is 0 Å². The minimum atomic E-state index is 0.199. The summed E-state index contributed by atoms with van der Waals surface area (Å²) in [6.45, 7) is 4.36. The van der Waals surface area contributed by atoms with Crippen LogP contribution >= 0.6 is 11.3 Å². The fourth-order valence-corrected chi connectivity index (χ4v) is 3.23. The first kappa shape index (κ1) is 11.3. The quantitative estimate of drug-likeness (QED) is 0.814. The van der Waals surface area contributed by atoms with Crippen molar-refractivity contribution in [2.45, 2.75) is 18.9 Å². The Bertz CT molecular complexity index is 380. The second-order valence-electron chi connectivity index (χ2n) is 4.82. The molecule has 0 spiro atoms. The largest absolute Gasteiger partial charge is 0.314 e. The van der Waals surface area contributed by atoms with Crippen LogP contribution in [0.15, 0.2) is 11.6 Å². The molecule has 2 aliphatic rings. The molecule has 0 saturated carbocycles. The Balaban J connectivity index is 1.55. The van der Waals surface area contributed by atoms with Crippen LogP contribution < -0.4 is 5.32 Å². The van der Waals surface area contributed by atoms with Crippen molar-refractivity contribution in [2.75, 3.05) is 26.2 Å². The van der Waals surface area contributed by atoms with Crippen LogP contribution in [0, 0.1) is 5.92 Å². The van der Waals surface area contributed by atoms with Crippen molar-refractivity contribution in [1.29, 1.82) is 0 Å². The zero-order valence-electron chi connectivity index (χ0n) is 9.76. The molecule has 0 radical (unpaired) electrons. The van der Waals surface area contributed by atoms with E-state index in [4.69, 9.17) is 0 Å². The molecular weight excluding hydrogens is 234 g/mol. The van der Waals surface area contributed by atoms with E-state index in [2.05, 4.69) is 15.2 Å². The highest BCUT2D eigenvalue weighted by Gasteiger charge is 2.31. The number of hydrogen-bond donors (Lipinski definition) is 1. The summed E-state index contributed by atoms with van der Waals surface area (Å²) in [4.78, 5) is 18.8. The summed E-state index contributed by atoms with van der Waals surface area (Å²) in [7, 11) is 0. The number of rotatable bonds is 3. The average Bonchev–Trinajstić information content (AvgIpc) is 2.80. The Morgan fingerprint density at radius 2 is 2.18 bits per heavy atom. The van der Waals surface area contributed by atoms with Crippen LogP contribution in [0.2, 0.25) is 0 Å². The van der Waals surface area contributed by atoms with Crippen LogP contribution in [0.1, 0.15) is 22.6 Å². The first-order valence-electron chi connectivity index (χ1n) is 6.23. The average molecular weight is 251 g/mol. The van der Waals surface area contributed by atoms with E-state index in [9.17, 15) is 4.79 Å². The standard InChI is InChI=1S/C12H17N3OS/c16-11(12-14-3-6-17-12)9-1-4-15(5-2-9)10-7-13-8-10/h3,6,9-10,13H,1-2,4-5,7-8H2. The highest BCUT2D eigenvalue weighted by Crippen LogP contribution is 2.24. The molecule has 92 valence electrons. The lowest BCUT2D eigenvalue weighted by Crippen LogP contribution is -2.59. The molecule has 1 N–H and O–H groups in total. The van der Waals surface area contributed by atoms with Crippen LogP contribution in [0.3, 0.4) is 0 Å². The van der Waals surface area contributed by atoms with Crippen molar-refractivity contribution in [3.63, 3.8) is 0 Å². The van der Waals surface area contributed by atoms with Gasteiger partial charge in [0.25, 0.3) is 0 Å². The first-order chi connectivity index (χ1) is 8.34. The molecule has 3 rings (SSSR count). The van der Waals surface area contributed by atoms with Gasteiger partial charge in [-0.15, -0.1) is 11.3 Å². The van der Waals surface area contributed by atoms with Crippen molar-refractivity contribution in [1.82, 2.24) is 15.2 Å². The van der Waals surface area contributed by atoms with Gasteiger partial charge in [-0.2, -0.15) is 0 Å². The van der Waals surface area contributed by atoms with Gasteiger partial charge in [-0.3, -0.25) is 9.69 Å². The normalized spacial score (nSPS) is 23.5. The number of piperidine rings is 1. The van der Waals surface area contributed by atoms with Gasteiger partial charge in [0.2, 0.25) is 0 Å². The Labute approximate surface area is 105 Å². The lowest BCUT2D eigenvalue weighted by molar-refractivity contribution is 0.0724. The fourth-order valence-electron chi connectivity index (χ4n) is 2.58. The number of hydrogen-bond acceptors (Lipinski definition) is 5. The van der Waals surface area contributed by atoms with E-state index in [1.54, 1.807) is 6.20 Å². The highest BCUT2D eigenvalue weighted by molar-refractivity contribution is 7.11. The third-order valence-corrected chi connectivity index (χ3v) is 4.61. The molecule has 0 bridgehead atoms. The number of ketones is 1. The second kappa shape index (κ2) is 4.84. The molecule has 2 fully saturated rings. The maximum atomic E-state index is 12.1. The third kappa shape index (κ3) is 2.27. The maximum absolute atomic E-state index is 12.1. The molecule has 0 atom stereocenters. The number of aromatic nitrogens is 1. The fraction of sp³-hybridized carbons (Fsp3) is 0.667. The van der Waals surface area contributed by atoms with Gasteiger partial charge in [0.15, 0.2) is 10.8 Å². The molecule has 0 aliphatic carbocycles. The summed E-state index contributed by atoms with van der Waals surface area (Å²) >= 11 is 1.46. The molecule has 17 heavy (non-hydrogen) atoms. The predicted octanol–water partition coefficient (Wildman–Crippen LogP) is 1.01. The smallest absolute Gasteiger partial charge is 0.194 e. The van der Waals surface area contributed by atoms with Crippen LogP contribution in [-0.2, 0) is 0 Å². The third-order valence-electron chi connectivity index (χ3n) is 3.82. The molecular formula is C12H17N3OS. The Kier molecular flexibility index (Phi) is 3.22. The molecule has 0 unspecified atom stereocenters.